The van der Waals surface area contributed by atoms with Gasteiger partial charge in [-0.1, -0.05) is 6.58 Å². The molecule has 1 amide bonds. The predicted octanol–water partition coefficient (Wildman–Crippen LogP) is 4.73. The summed E-state index contributed by atoms with van der Waals surface area (Å²) in [6.45, 7) is 32.9. The topological polar surface area (TPSA) is 105 Å². The Morgan fingerprint density at radius 2 is 0.914 bits per heavy atom. The molecule has 35 heavy (non-hydrogen) atoms. The van der Waals surface area contributed by atoms with Crippen LogP contribution in [0.15, 0.2) is 12.2 Å². The van der Waals surface area contributed by atoms with Crippen LogP contribution < -0.4 is 5.32 Å². The van der Waals surface area contributed by atoms with Crippen LogP contribution in [-0.2, 0) is 29.5 Å². The minimum Gasteiger partial charge on any atom is -0.435 e. The van der Waals surface area contributed by atoms with Crippen molar-refractivity contribution in [2.24, 2.45) is 0 Å². The first-order valence-corrected chi connectivity index (χ1v) is 32.0. The maximum absolute atomic E-state index is 11.9. The fraction of sp³-hybridized carbons (Fsp3) is 0.842. The van der Waals surface area contributed by atoms with Crippen LogP contribution in [0.25, 0.3) is 0 Å². The van der Waals surface area contributed by atoms with Gasteiger partial charge in [-0.25, -0.2) is 0 Å². The zero-order valence-corrected chi connectivity index (χ0v) is 31.7. The minimum absolute atomic E-state index is 0.159. The molecule has 0 unspecified atom stereocenters. The number of hydrogen-bond donors (Lipinski definition) is 2. The van der Waals surface area contributed by atoms with E-state index in [1.165, 1.54) is 0 Å². The van der Waals surface area contributed by atoms with E-state index in [1.54, 1.807) is 20.0 Å². The normalized spacial score (nSPS) is 14.7. The number of carbonyl (C=O) groups is 1. The van der Waals surface area contributed by atoms with Crippen LogP contribution in [0, 0.1) is 0 Å². The quantitative estimate of drug-likeness (QED) is 0.201. The van der Waals surface area contributed by atoms with Gasteiger partial charge < -0.3 is 34.8 Å². The standard InChI is InChI=1S/C19H51NO8Si7/c1-18(2)19(21)20-17-29(3,4)23-31(7,8)25-33(11,12)27-35(15,16)28-34(13,14)26-32(9,10)24-30(5,6)22/h22H,1,17H2,2-16H3,(H,20,21). The molecular formula is C19H51NO8Si7. The van der Waals surface area contributed by atoms with Crippen molar-refractivity contribution in [1.82, 2.24) is 5.32 Å². The molecule has 16 heteroatoms. The maximum atomic E-state index is 11.9. The third-order valence-corrected chi connectivity index (χ3v) is 28.9. The summed E-state index contributed by atoms with van der Waals surface area (Å²) in [5.41, 5.74) is 0.479. The lowest BCUT2D eigenvalue weighted by Crippen LogP contribution is -2.61. The highest BCUT2D eigenvalue weighted by atomic mass is 28.5. The van der Waals surface area contributed by atoms with Gasteiger partial charge in [0.2, 0.25) is 5.91 Å². The van der Waals surface area contributed by atoms with E-state index >= 15 is 0 Å². The van der Waals surface area contributed by atoms with Crippen molar-refractivity contribution in [2.75, 3.05) is 6.17 Å². The van der Waals surface area contributed by atoms with E-state index in [1.807, 2.05) is 65.5 Å². The molecule has 0 aliphatic carbocycles. The Kier molecular flexibility index (Phi) is 12.3. The molecule has 208 valence electrons. The lowest BCUT2D eigenvalue weighted by Gasteiger charge is -2.43. The van der Waals surface area contributed by atoms with E-state index in [2.05, 4.69) is 25.0 Å². The van der Waals surface area contributed by atoms with Gasteiger partial charge in [0.25, 0.3) is 0 Å². The van der Waals surface area contributed by atoms with E-state index < -0.39 is 59.7 Å². The zero-order chi connectivity index (χ0) is 28.3. The number of nitrogens with one attached hydrogen (secondary N) is 1. The molecule has 9 nitrogen and oxygen atoms in total. The van der Waals surface area contributed by atoms with E-state index in [-0.39, 0.29) is 5.91 Å². The monoisotopic (exact) mass is 617 g/mol. The van der Waals surface area contributed by atoms with Crippen molar-refractivity contribution in [1.29, 1.82) is 0 Å². The van der Waals surface area contributed by atoms with E-state index in [4.69, 9.17) is 24.7 Å². The van der Waals surface area contributed by atoms with E-state index in [9.17, 15) is 9.59 Å². The molecule has 0 aliphatic heterocycles. The molecule has 0 heterocycles. The molecule has 0 aliphatic rings. The van der Waals surface area contributed by atoms with Crippen molar-refractivity contribution in [3.8, 4) is 0 Å². The molecule has 0 aromatic rings. The van der Waals surface area contributed by atoms with Crippen molar-refractivity contribution in [3.05, 3.63) is 12.2 Å². The Bertz CT molecular complexity index is 752. The Balaban J connectivity index is 5.23. The van der Waals surface area contributed by atoms with Gasteiger partial charge in [-0.3, -0.25) is 4.79 Å². The molecule has 0 saturated carbocycles. The van der Waals surface area contributed by atoms with Gasteiger partial charge in [-0.2, -0.15) is 0 Å². The molecule has 0 saturated heterocycles. The van der Waals surface area contributed by atoms with Crippen molar-refractivity contribution >= 4 is 65.6 Å². The van der Waals surface area contributed by atoms with Crippen LogP contribution in [0.2, 0.25) is 91.7 Å². The lowest BCUT2D eigenvalue weighted by molar-refractivity contribution is -0.117. The van der Waals surface area contributed by atoms with Gasteiger partial charge in [0.05, 0.1) is 0 Å². The van der Waals surface area contributed by atoms with Gasteiger partial charge in [-0.15, -0.1) is 0 Å². The number of amides is 1. The summed E-state index contributed by atoms with van der Waals surface area (Å²) in [4.78, 5) is 22.1. The summed E-state index contributed by atoms with van der Waals surface area (Å²) in [5, 5.41) is 2.91. The average Bonchev–Trinajstić information content (AvgIpc) is 2.42. The highest BCUT2D eigenvalue weighted by Gasteiger charge is 2.48. The van der Waals surface area contributed by atoms with Crippen LogP contribution in [0.3, 0.4) is 0 Å². The maximum Gasteiger partial charge on any atom is 0.320 e. The molecule has 0 bridgehead atoms. The van der Waals surface area contributed by atoms with Crippen LogP contribution in [0.4, 0.5) is 0 Å². The lowest BCUT2D eigenvalue weighted by atomic mass is 10.3. The molecule has 0 spiro atoms. The first-order valence-electron chi connectivity index (χ1n) is 11.9. The molecule has 0 fully saturated rings. The Hall–Kier alpha value is 0.448. The molecule has 0 radical (unpaired) electrons. The third-order valence-electron chi connectivity index (χ3n) is 4.05. The van der Waals surface area contributed by atoms with Gasteiger partial charge in [-0.05, 0) is 98.6 Å². The van der Waals surface area contributed by atoms with Crippen LogP contribution in [-0.4, -0.2) is 76.6 Å². The fourth-order valence-electron chi connectivity index (χ4n) is 4.22. The van der Waals surface area contributed by atoms with Gasteiger partial charge in [0, 0.05) is 11.7 Å². The van der Waals surface area contributed by atoms with Crippen molar-refractivity contribution < 1.29 is 34.3 Å². The summed E-state index contributed by atoms with van der Waals surface area (Å²) in [6, 6.07) is 0. The Morgan fingerprint density at radius 1 is 0.629 bits per heavy atom. The van der Waals surface area contributed by atoms with E-state index in [0.717, 1.165) is 0 Å². The molecule has 0 rings (SSSR count). The summed E-state index contributed by atoms with van der Waals surface area (Å²) >= 11 is 0. The Labute approximate surface area is 221 Å². The second-order valence-electron chi connectivity index (χ2n) is 12.3. The summed E-state index contributed by atoms with van der Waals surface area (Å²) < 4.78 is 38.4. The highest BCUT2D eigenvalue weighted by molar-refractivity contribution is 6.91. The zero-order valence-electron chi connectivity index (χ0n) is 24.7. The SMILES string of the molecule is C=C(C)C(=O)NC[Si](C)(C)O[Si](C)(C)O[Si](C)(C)O[Si](C)(C)O[Si](C)(C)O[Si](C)(C)O[Si](C)(C)O. The van der Waals surface area contributed by atoms with Crippen LogP contribution in [0.1, 0.15) is 6.92 Å². The van der Waals surface area contributed by atoms with Crippen LogP contribution >= 0.6 is 0 Å². The number of rotatable bonds is 15. The first-order chi connectivity index (χ1) is 15.1. The Morgan fingerprint density at radius 3 is 1.20 bits per heavy atom. The highest BCUT2D eigenvalue weighted by Crippen LogP contribution is 2.28. The third kappa shape index (κ3) is 16.8. The molecule has 0 atom stereocenters. The summed E-state index contributed by atoms with van der Waals surface area (Å²) in [5.74, 6) is -0.159. The molecule has 2 N–H and O–H groups in total. The summed E-state index contributed by atoms with van der Waals surface area (Å²) in [6.07, 6.45) is 0.483. The average molecular weight is 618 g/mol. The first kappa shape index (κ1) is 35.4. The van der Waals surface area contributed by atoms with Crippen molar-refractivity contribution in [2.45, 2.75) is 98.6 Å². The number of hydrogen-bond acceptors (Lipinski definition) is 8. The fourth-order valence-corrected chi connectivity index (χ4v) is 36.9. The second kappa shape index (κ2) is 12.1. The largest absolute Gasteiger partial charge is 0.435 e. The molecule has 0 aromatic carbocycles. The van der Waals surface area contributed by atoms with Gasteiger partial charge in [0.15, 0.2) is 8.32 Å². The number of carbonyl (C=O) groups excluding carboxylic acids is 1. The minimum atomic E-state index is -2.72. The van der Waals surface area contributed by atoms with E-state index in [0.29, 0.717) is 11.7 Å². The van der Waals surface area contributed by atoms with Gasteiger partial charge >= 0.3 is 51.4 Å². The van der Waals surface area contributed by atoms with Crippen molar-refractivity contribution in [3.63, 3.8) is 0 Å². The molecular weight excluding hydrogens is 567 g/mol. The predicted molar refractivity (Wildman–Crippen MR) is 159 cm³/mol. The van der Waals surface area contributed by atoms with Crippen LogP contribution in [0.5, 0.6) is 0 Å². The summed E-state index contributed by atoms with van der Waals surface area (Å²) in [7, 11) is -17.9. The smallest absolute Gasteiger partial charge is 0.320 e. The van der Waals surface area contributed by atoms with Gasteiger partial charge in [0.1, 0.15) is 0 Å². The second-order valence-corrected chi connectivity index (χ2v) is 37.9. The molecule has 0 aromatic heterocycles.